The minimum absolute atomic E-state index is 0.393. The van der Waals surface area contributed by atoms with Crippen molar-refractivity contribution in [1.82, 2.24) is 5.32 Å². The Morgan fingerprint density at radius 3 is 3.24 bits per heavy atom. The lowest BCUT2D eigenvalue weighted by Gasteiger charge is -2.09. The lowest BCUT2D eigenvalue weighted by molar-refractivity contribution is 0.0700. The molecule has 1 fully saturated rings. The summed E-state index contributed by atoms with van der Waals surface area (Å²) in [4.78, 5) is 11.3. The fourth-order valence-corrected chi connectivity index (χ4v) is 2.78. The van der Waals surface area contributed by atoms with E-state index < -0.39 is 5.97 Å². The quantitative estimate of drug-likeness (QED) is 0.764. The molecule has 0 spiro atoms. The number of carboxylic acid groups (broad SMARTS) is 1. The van der Waals surface area contributed by atoms with Gasteiger partial charge in [-0.3, -0.25) is 0 Å². The van der Waals surface area contributed by atoms with Gasteiger partial charge in [0.1, 0.15) is 4.88 Å². The topological polar surface area (TPSA) is 58.6 Å². The molecule has 1 atom stereocenters. The molecule has 5 heteroatoms. The highest BCUT2D eigenvalue weighted by Crippen LogP contribution is 2.17. The molecule has 1 aliphatic heterocycles. The van der Waals surface area contributed by atoms with Crippen molar-refractivity contribution in [2.75, 3.05) is 13.2 Å². The van der Waals surface area contributed by atoms with Crippen LogP contribution in [0.25, 0.3) is 0 Å². The molecule has 17 heavy (non-hydrogen) atoms. The minimum Gasteiger partial charge on any atom is -0.477 e. The Hall–Kier alpha value is -0.910. The summed E-state index contributed by atoms with van der Waals surface area (Å²) in [5.41, 5.74) is 0.870. The monoisotopic (exact) mass is 255 g/mol. The average Bonchev–Trinajstić information content (AvgIpc) is 2.95. The zero-order valence-electron chi connectivity index (χ0n) is 9.65. The van der Waals surface area contributed by atoms with Crippen LogP contribution in [0.15, 0.2) is 11.4 Å². The molecule has 0 saturated carbocycles. The number of rotatable bonds is 6. The molecule has 1 aliphatic rings. The zero-order valence-corrected chi connectivity index (χ0v) is 10.5. The average molecular weight is 255 g/mol. The normalized spacial score (nSPS) is 19.6. The summed E-state index contributed by atoms with van der Waals surface area (Å²) < 4.78 is 5.52. The Kier molecular flexibility index (Phi) is 4.53. The van der Waals surface area contributed by atoms with Crippen LogP contribution >= 0.6 is 11.3 Å². The van der Waals surface area contributed by atoms with E-state index in [1.165, 1.54) is 17.8 Å². The SMILES string of the molecule is O=C(O)c1sccc1CNCCC1CCCO1. The molecule has 0 radical (unpaired) electrons. The van der Waals surface area contributed by atoms with E-state index in [9.17, 15) is 4.79 Å². The van der Waals surface area contributed by atoms with Gasteiger partial charge in [0.15, 0.2) is 0 Å². The van der Waals surface area contributed by atoms with E-state index in [1.54, 1.807) is 0 Å². The molecule has 4 nitrogen and oxygen atoms in total. The predicted octanol–water partition coefficient (Wildman–Crippen LogP) is 2.11. The number of carbonyl (C=O) groups is 1. The van der Waals surface area contributed by atoms with Crippen molar-refractivity contribution in [1.29, 1.82) is 0 Å². The maximum atomic E-state index is 10.9. The summed E-state index contributed by atoms with van der Waals surface area (Å²) in [6.07, 6.45) is 3.72. The smallest absolute Gasteiger partial charge is 0.346 e. The summed E-state index contributed by atoms with van der Waals surface area (Å²) in [7, 11) is 0. The van der Waals surface area contributed by atoms with E-state index in [-0.39, 0.29) is 0 Å². The Morgan fingerprint density at radius 1 is 1.65 bits per heavy atom. The molecule has 1 saturated heterocycles. The maximum absolute atomic E-state index is 10.9. The van der Waals surface area contributed by atoms with Crippen LogP contribution < -0.4 is 5.32 Å². The van der Waals surface area contributed by atoms with Gasteiger partial charge in [-0.1, -0.05) is 0 Å². The summed E-state index contributed by atoms with van der Waals surface area (Å²) in [6.45, 7) is 2.38. The number of aromatic carboxylic acids is 1. The van der Waals surface area contributed by atoms with Crippen LogP contribution in [-0.4, -0.2) is 30.3 Å². The zero-order chi connectivity index (χ0) is 12.1. The van der Waals surface area contributed by atoms with E-state index >= 15 is 0 Å². The number of hydrogen-bond acceptors (Lipinski definition) is 4. The van der Waals surface area contributed by atoms with Crippen LogP contribution in [0.2, 0.25) is 0 Å². The molecule has 0 bridgehead atoms. The first-order valence-corrected chi connectivity index (χ1v) is 6.77. The van der Waals surface area contributed by atoms with Gasteiger partial charge < -0.3 is 15.2 Å². The molecule has 0 aromatic carbocycles. The predicted molar refractivity (Wildman–Crippen MR) is 66.6 cm³/mol. The van der Waals surface area contributed by atoms with E-state index in [0.717, 1.165) is 31.6 Å². The Morgan fingerprint density at radius 2 is 2.53 bits per heavy atom. The van der Waals surface area contributed by atoms with E-state index in [1.807, 2.05) is 11.4 Å². The van der Waals surface area contributed by atoms with Gasteiger partial charge in [-0.2, -0.15) is 0 Å². The van der Waals surface area contributed by atoms with Crippen molar-refractivity contribution in [2.24, 2.45) is 0 Å². The van der Waals surface area contributed by atoms with Gasteiger partial charge in [0, 0.05) is 13.2 Å². The molecule has 0 amide bonds. The van der Waals surface area contributed by atoms with Gasteiger partial charge in [-0.25, -0.2) is 4.79 Å². The molecule has 1 aromatic heterocycles. The van der Waals surface area contributed by atoms with Gasteiger partial charge in [-0.05, 0) is 42.8 Å². The first-order chi connectivity index (χ1) is 8.27. The molecule has 2 heterocycles. The van der Waals surface area contributed by atoms with Crippen LogP contribution in [-0.2, 0) is 11.3 Å². The molecular formula is C12H17NO3S. The first-order valence-electron chi connectivity index (χ1n) is 5.89. The second-order valence-electron chi connectivity index (χ2n) is 4.18. The van der Waals surface area contributed by atoms with Gasteiger partial charge in [0.2, 0.25) is 0 Å². The van der Waals surface area contributed by atoms with E-state index in [0.29, 0.717) is 17.5 Å². The summed E-state index contributed by atoms with van der Waals surface area (Å²) in [6, 6.07) is 1.87. The number of carboxylic acids is 1. The second kappa shape index (κ2) is 6.14. The lowest BCUT2D eigenvalue weighted by Crippen LogP contribution is -2.20. The number of thiophene rings is 1. The largest absolute Gasteiger partial charge is 0.477 e. The third kappa shape index (κ3) is 3.52. The van der Waals surface area contributed by atoms with Gasteiger partial charge >= 0.3 is 5.97 Å². The van der Waals surface area contributed by atoms with Gasteiger partial charge in [-0.15, -0.1) is 11.3 Å². The fraction of sp³-hybridized carbons (Fsp3) is 0.583. The Bertz CT molecular complexity index is 372. The molecule has 94 valence electrons. The highest BCUT2D eigenvalue weighted by Gasteiger charge is 2.15. The van der Waals surface area contributed by atoms with Crippen LogP contribution in [0.4, 0.5) is 0 Å². The number of nitrogens with one attached hydrogen (secondary N) is 1. The van der Waals surface area contributed by atoms with Crippen molar-refractivity contribution in [3.05, 3.63) is 21.9 Å². The molecule has 0 aliphatic carbocycles. The highest BCUT2D eigenvalue weighted by atomic mass is 32.1. The second-order valence-corrected chi connectivity index (χ2v) is 5.10. The Labute approximate surface area is 105 Å². The van der Waals surface area contributed by atoms with E-state index in [2.05, 4.69) is 5.32 Å². The molecule has 2 N–H and O–H groups in total. The molecular weight excluding hydrogens is 238 g/mol. The van der Waals surface area contributed by atoms with Gasteiger partial charge in [0.05, 0.1) is 6.10 Å². The number of hydrogen-bond donors (Lipinski definition) is 2. The van der Waals surface area contributed by atoms with Crippen molar-refractivity contribution in [2.45, 2.75) is 31.9 Å². The van der Waals surface area contributed by atoms with Crippen LogP contribution in [0, 0.1) is 0 Å². The van der Waals surface area contributed by atoms with Crippen molar-refractivity contribution in [3.63, 3.8) is 0 Å². The summed E-state index contributed by atoms with van der Waals surface area (Å²) >= 11 is 1.28. The third-order valence-corrected chi connectivity index (χ3v) is 3.87. The van der Waals surface area contributed by atoms with Crippen molar-refractivity contribution < 1.29 is 14.6 Å². The first kappa shape index (κ1) is 12.5. The molecule has 1 aromatic rings. The third-order valence-electron chi connectivity index (χ3n) is 2.92. The fourth-order valence-electron chi connectivity index (χ4n) is 2.02. The van der Waals surface area contributed by atoms with Crippen LogP contribution in [0.1, 0.15) is 34.5 Å². The maximum Gasteiger partial charge on any atom is 0.346 e. The summed E-state index contributed by atoms with van der Waals surface area (Å²) in [5, 5.41) is 14.0. The molecule has 1 unspecified atom stereocenters. The van der Waals surface area contributed by atoms with Crippen molar-refractivity contribution >= 4 is 17.3 Å². The Balaban J connectivity index is 1.70. The highest BCUT2D eigenvalue weighted by molar-refractivity contribution is 7.12. The van der Waals surface area contributed by atoms with Crippen LogP contribution in [0.3, 0.4) is 0 Å². The minimum atomic E-state index is -0.837. The standard InChI is InChI=1S/C12H17NO3S/c14-12(15)11-9(4-7-17-11)8-13-5-3-10-2-1-6-16-10/h4,7,10,13H,1-3,5-6,8H2,(H,14,15). The lowest BCUT2D eigenvalue weighted by atomic mass is 10.2. The van der Waals surface area contributed by atoms with Crippen molar-refractivity contribution in [3.8, 4) is 0 Å². The molecule has 2 rings (SSSR count). The summed E-state index contributed by atoms with van der Waals surface area (Å²) in [5.74, 6) is -0.837. The van der Waals surface area contributed by atoms with Crippen LogP contribution in [0.5, 0.6) is 0 Å². The number of ether oxygens (including phenoxy) is 1. The van der Waals surface area contributed by atoms with E-state index in [4.69, 9.17) is 9.84 Å². The van der Waals surface area contributed by atoms with Gasteiger partial charge in [0.25, 0.3) is 0 Å².